The van der Waals surface area contributed by atoms with Crippen LogP contribution >= 0.6 is 0 Å². The molecule has 1 aliphatic heterocycles. The van der Waals surface area contributed by atoms with E-state index in [9.17, 15) is 9.59 Å². The molecule has 3 aromatic rings. The molecule has 3 heterocycles. The molecule has 1 aliphatic carbocycles. The molecule has 1 amide bonds. The maximum absolute atomic E-state index is 13.0. The van der Waals surface area contributed by atoms with E-state index < -0.39 is 0 Å². The Labute approximate surface area is 223 Å². The summed E-state index contributed by atoms with van der Waals surface area (Å²) in [5.74, 6) is 0.622. The molecule has 0 bridgehead atoms. The smallest absolute Gasteiger partial charge is 0.308 e. The average molecular weight is 520 g/mol. The zero-order valence-electron chi connectivity index (χ0n) is 22.1. The fourth-order valence-corrected chi connectivity index (χ4v) is 5.57. The van der Waals surface area contributed by atoms with E-state index in [1.807, 2.05) is 31.2 Å². The van der Waals surface area contributed by atoms with Gasteiger partial charge < -0.3 is 14.0 Å². The highest BCUT2D eigenvalue weighted by Crippen LogP contribution is 2.37. The maximum atomic E-state index is 13.0. The van der Waals surface area contributed by atoms with Gasteiger partial charge in [0.25, 0.3) is 5.91 Å². The summed E-state index contributed by atoms with van der Waals surface area (Å²) in [6, 6.07) is 11.1. The molecule has 38 heavy (non-hydrogen) atoms. The average Bonchev–Trinajstić information content (AvgIpc) is 3.31. The van der Waals surface area contributed by atoms with E-state index in [1.165, 1.54) is 19.3 Å². The van der Waals surface area contributed by atoms with Gasteiger partial charge in [-0.25, -0.2) is 9.97 Å². The summed E-state index contributed by atoms with van der Waals surface area (Å²) in [7, 11) is 0. The second-order valence-corrected chi connectivity index (χ2v) is 10.1. The highest BCUT2D eigenvalue weighted by molar-refractivity contribution is 6.04. The molecule has 1 N–H and O–H groups in total. The van der Waals surface area contributed by atoms with E-state index in [-0.39, 0.29) is 23.8 Å². The molecule has 202 valence electrons. The Balaban J connectivity index is 1.37. The fourth-order valence-electron chi connectivity index (χ4n) is 5.57. The van der Waals surface area contributed by atoms with Gasteiger partial charge in [0.15, 0.2) is 0 Å². The van der Waals surface area contributed by atoms with Gasteiger partial charge in [0.2, 0.25) is 11.8 Å². The van der Waals surface area contributed by atoms with Gasteiger partial charge in [-0.3, -0.25) is 19.8 Å². The number of aromatic nitrogens is 3. The van der Waals surface area contributed by atoms with Crippen molar-refractivity contribution in [3.05, 3.63) is 48.2 Å². The number of amides is 1. The number of piperidine rings is 1. The second kappa shape index (κ2) is 12.4. The Bertz CT molecular complexity index is 1230. The van der Waals surface area contributed by atoms with Crippen molar-refractivity contribution in [1.82, 2.24) is 19.4 Å². The van der Waals surface area contributed by atoms with Crippen LogP contribution in [-0.2, 0) is 9.53 Å². The number of nitrogens with one attached hydrogen (secondary N) is 1. The van der Waals surface area contributed by atoms with Crippen molar-refractivity contribution < 1.29 is 19.1 Å². The number of imidazole rings is 1. The number of likely N-dealkylation sites (tertiary alicyclic amines) is 1. The molecule has 2 fully saturated rings. The Morgan fingerprint density at radius 1 is 1.05 bits per heavy atom. The van der Waals surface area contributed by atoms with Crippen molar-refractivity contribution in [2.45, 2.75) is 57.9 Å². The number of fused-ring (bicyclic) bond motifs is 1. The Morgan fingerprint density at radius 3 is 2.55 bits per heavy atom. The number of pyridine rings is 1. The van der Waals surface area contributed by atoms with E-state index in [1.54, 1.807) is 18.3 Å². The van der Waals surface area contributed by atoms with Gasteiger partial charge in [-0.05, 0) is 70.7 Å². The zero-order chi connectivity index (χ0) is 26.3. The molecule has 0 unspecified atom stereocenters. The first-order chi connectivity index (χ1) is 18.6. The van der Waals surface area contributed by atoms with Crippen LogP contribution in [0.1, 0.15) is 68.3 Å². The minimum absolute atomic E-state index is 0.0837. The topological polar surface area (TPSA) is 98.6 Å². The van der Waals surface area contributed by atoms with E-state index in [2.05, 4.69) is 19.8 Å². The van der Waals surface area contributed by atoms with Gasteiger partial charge in [-0.15, -0.1) is 0 Å². The minimum atomic E-state index is -0.215. The van der Waals surface area contributed by atoms with Gasteiger partial charge in [-0.2, -0.15) is 0 Å². The third-order valence-corrected chi connectivity index (χ3v) is 7.60. The molecule has 1 aromatic carbocycles. The molecule has 2 aliphatic rings. The summed E-state index contributed by atoms with van der Waals surface area (Å²) in [6.07, 6.45) is 8.57. The number of ether oxygens (including phenoxy) is 2. The van der Waals surface area contributed by atoms with E-state index in [0.717, 1.165) is 50.8 Å². The van der Waals surface area contributed by atoms with Crippen molar-refractivity contribution in [3.8, 4) is 5.88 Å². The number of carbonyl (C=O) groups is 2. The van der Waals surface area contributed by atoms with Gasteiger partial charge in [0.1, 0.15) is 12.1 Å². The van der Waals surface area contributed by atoms with E-state index in [0.29, 0.717) is 36.1 Å². The van der Waals surface area contributed by atoms with Crippen LogP contribution in [0.25, 0.3) is 11.0 Å². The normalized spacial score (nSPS) is 20.2. The number of benzene rings is 1. The summed E-state index contributed by atoms with van der Waals surface area (Å²) >= 11 is 0. The quantitative estimate of drug-likeness (QED) is 0.404. The van der Waals surface area contributed by atoms with Crippen LogP contribution in [-0.4, -0.2) is 64.2 Å². The number of carbonyl (C=O) groups excluding carboxylic acids is 2. The van der Waals surface area contributed by atoms with Crippen LogP contribution in [0, 0.1) is 5.92 Å². The van der Waals surface area contributed by atoms with Crippen LogP contribution in [0.3, 0.4) is 0 Å². The first kappa shape index (κ1) is 26.2. The van der Waals surface area contributed by atoms with Crippen LogP contribution in [0.15, 0.2) is 42.6 Å². The lowest BCUT2D eigenvalue weighted by Gasteiger charge is -2.29. The molecule has 9 nitrogen and oxygen atoms in total. The van der Waals surface area contributed by atoms with Crippen molar-refractivity contribution in [2.24, 2.45) is 5.92 Å². The molecule has 0 atom stereocenters. The zero-order valence-corrected chi connectivity index (χ0v) is 22.1. The summed E-state index contributed by atoms with van der Waals surface area (Å²) in [5.41, 5.74) is 2.14. The lowest BCUT2D eigenvalue weighted by molar-refractivity contribution is -0.149. The van der Waals surface area contributed by atoms with Crippen molar-refractivity contribution in [2.75, 3.05) is 38.2 Å². The number of anilines is 1. The number of rotatable bonds is 9. The van der Waals surface area contributed by atoms with E-state index in [4.69, 9.17) is 14.5 Å². The van der Waals surface area contributed by atoms with Crippen molar-refractivity contribution in [1.29, 1.82) is 0 Å². The summed E-state index contributed by atoms with van der Waals surface area (Å²) in [5, 5.41) is 3.02. The molecule has 1 saturated carbocycles. The Morgan fingerprint density at radius 2 is 1.82 bits per heavy atom. The molecular weight excluding hydrogens is 482 g/mol. The number of hydrogen-bond donors (Lipinski definition) is 1. The Hall–Kier alpha value is -3.46. The first-order valence-electron chi connectivity index (χ1n) is 13.9. The van der Waals surface area contributed by atoms with Crippen LogP contribution in [0.4, 0.5) is 5.95 Å². The predicted molar refractivity (Wildman–Crippen MR) is 145 cm³/mol. The largest absolute Gasteiger partial charge is 0.476 e. The standard InChI is InChI=1S/C29H37N5O4/c1-2-37-28(36)22-11-13-23(14-12-22)34-25-19-26(38-18-17-33-15-7-4-8-16-33)30-20-24(25)31-29(34)32-27(35)21-9-5-3-6-10-21/h3,5-6,9-10,19-20,22-23H,2,4,7-8,11-18H2,1H3,(H,31,32,35). The SMILES string of the molecule is CCOC(=O)C1CCC(n2c(NC(=O)c3ccccc3)nc3cnc(OCCN4CCCCC4)cc32)CC1. The predicted octanol–water partition coefficient (Wildman–Crippen LogP) is 4.84. The molecule has 9 heteroatoms. The van der Waals surface area contributed by atoms with Crippen molar-refractivity contribution in [3.63, 3.8) is 0 Å². The summed E-state index contributed by atoms with van der Waals surface area (Å²) < 4.78 is 13.4. The highest BCUT2D eigenvalue weighted by atomic mass is 16.5. The Kier molecular flexibility index (Phi) is 8.53. The van der Waals surface area contributed by atoms with Gasteiger partial charge in [0.05, 0.1) is 24.2 Å². The molecule has 0 spiro atoms. The first-order valence-corrected chi connectivity index (χ1v) is 13.9. The van der Waals surface area contributed by atoms with Gasteiger partial charge in [-0.1, -0.05) is 24.6 Å². The van der Waals surface area contributed by atoms with Gasteiger partial charge >= 0.3 is 5.97 Å². The number of nitrogens with zero attached hydrogens (tertiary/aromatic N) is 4. The molecule has 0 radical (unpaired) electrons. The molecular formula is C29H37N5O4. The third kappa shape index (κ3) is 6.15. The lowest BCUT2D eigenvalue weighted by Crippen LogP contribution is -2.33. The summed E-state index contributed by atoms with van der Waals surface area (Å²) in [6.45, 7) is 5.95. The number of hydrogen-bond acceptors (Lipinski definition) is 7. The third-order valence-electron chi connectivity index (χ3n) is 7.60. The summed E-state index contributed by atoms with van der Waals surface area (Å²) in [4.78, 5) is 37.0. The van der Waals surface area contributed by atoms with E-state index >= 15 is 0 Å². The second-order valence-electron chi connectivity index (χ2n) is 10.1. The lowest BCUT2D eigenvalue weighted by atomic mass is 9.86. The number of esters is 1. The molecule has 5 rings (SSSR count). The maximum Gasteiger partial charge on any atom is 0.308 e. The minimum Gasteiger partial charge on any atom is -0.476 e. The molecule has 2 aromatic heterocycles. The monoisotopic (exact) mass is 519 g/mol. The molecule has 1 saturated heterocycles. The highest BCUT2D eigenvalue weighted by Gasteiger charge is 2.30. The van der Waals surface area contributed by atoms with Crippen molar-refractivity contribution >= 4 is 28.9 Å². The van der Waals surface area contributed by atoms with Gasteiger partial charge in [0, 0.05) is 24.2 Å². The van der Waals surface area contributed by atoms with Crippen LogP contribution in [0.2, 0.25) is 0 Å². The van der Waals surface area contributed by atoms with Crippen LogP contribution in [0.5, 0.6) is 5.88 Å². The fraction of sp³-hybridized carbons (Fsp3) is 0.517. The van der Waals surface area contributed by atoms with Crippen LogP contribution < -0.4 is 10.1 Å².